The second kappa shape index (κ2) is 7.69. The van der Waals surface area contributed by atoms with E-state index in [4.69, 9.17) is 16.3 Å². The Kier molecular flexibility index (Phi) is 6.53. The first kappa shape index (κ1) is 17.8. The summed E-state index contributed by atoms with van der Waals surface area (Å²) in [7, 11) is -2.61. The van der Waals surface area contributed by atoms with Gasteiger partial charge in [0, 0.05) is 25.2 Å². The van der Waals surface area contributed by atoms with Crippen LogP contribution in [0.4, 0.5) is 4.39 Å². The smallest absolute Gasteiger partial charge is 0.248 e. The number of hydrogen-bond donors (Lipinski definition) is 2. The lowest BCUT2D eigenvalue weighted by Gasteiger charge is -2.11. The number of sulfonamides is 1. The number of hydrogen-bond acceptors (Lipinski definition) is 4. The number of nitrogens with one attached hydrogen (secondary N) is 2. The third-order valence-corrected chi connectivity index (χ3v) is 4.35. The van der Waals surface area contributed by atoms with Crippen LogP contribution in [0.15, 0.2) is 23.1 Å². The minimum absolute atomic E-state index is 0.0565. The number of halogens is 2. The Morgan fingerprint density at radius 3 is 2.67 bits per heavy atom. The van der Waals surface area contributed by atoms with Crippen molar-refractivity contribution >= 4 is 27.5 Å². The zero-order chi connectivity index (χ0) is 16.0. The molecule has 0 saturated heterocycles. The number of carbonyl (C=O) groups is 1. The maximum atomic E-state index is 13.5. The summed E-state index contributed by atoms with van der Waals surface area (Å²) in [6, 6.07) is 3.27. The van der Waals surface area contributed by atoms with E-state index < -0.39 is 26.8 Å². The molecule has 0 aliphatic carbocycles. The van der Waals surface area contributed by atoms with E-state index in [0.717, 1.165) is 12.1 Å². The lowest BCUT2D eigenvalue weighted by atomic mass is 10.3. The molecule has 0 spiro atoms. The molecule has 0 heterocycles. The van der Waals surface area contributed by atoms with Crippen molar-refractivity contribution in [2.24, 2.45) is 0 Å². The van der Waals surface area contributed by atoms with Gasteiger partial charge < -0.3 is 10.1 Å². The Labute approximate surface area is 127 Å². The second-order valence-corrected chi connectivity index (χ2v) is 6.31. The van der Waals surface area contributed by atoms with Crippen LogP contribution >= 0.6 is 11.6 Å². The van der Waals surface area contributed by atoms with Crippen LogP contribution in [0.2, 0.25) is 5.02 Å². The largest absolute Gasteiger partial charge is 0.372 e. The Balaban J connectivity index is 2.56. The van der Waals surface area contributed by atoms with Crippen LogP contribution in [-0.2, 0) is 19.6 Å². The van der Waals surface area contributed by atoms with Gasteiger partial charge in [-0.05, 0) is 25.1 Å². The zero-order valence-electron chi connectivity index (χ0n) is 11.5. The summed E-state index contributed by atoms with van der Waals surface area (Å²) < 4.78 is 44.3. The summed E-state index contributed by atoms with van der Waals surface area (Å²) in [6.07, 6.45) is -0.629. The van der Waals surface area contributed by atoms with Crippen LogP contribution in [0.1, 0.15) is 6.92 Å². The molecule has 9 heteroatoms. The SMILES string of the molecule is CO[C@@H](C)C(=O)NCCNS(=O)(=O)c1ccc(Cl)cc1F. The van der Waals surface area contributed by atoms with Crippen molar-refractivity contribution in [1.29, 1.82) is 0 Å². The van der Waals surface area contributed by atoms with E-state index in [1.807, 2.05) is 0 Å². The quantitative estimate of drug-likeness (QED) is 0.724. The molecule has 118 valence electrons. The highest BCUT2D eigenvalue weighted by molar-refractivity contribution is 7.89. The molecule has 1 aromatic rings. The van der Waals surface area contributed by atoms with Gasteiger partial charge in [0.05, 0.1) is 0 Å². The van der Waals surface area contributed by atoms with E-state index in [-0.39, 0.29) is 24.0 Å². The van der Waals surface area contributed by atoms with Crippen molar-refractivity contribution in [2.75, 3.05) is 20.2 Å². The number of methoxy groups -OCH3 is 1. The number of rotatable bonds is 7. The van der Waals surface area contributed by atoms with Gasteiger partial charge in [-0.1, -0.05) is 11.6 Å². The summed E-state index contributed by atoms with van der Waals surface area (Å²) in [5, 5.41) is 2.58. The molecule has 0 fully saturated rings. The first-order chi connectivity index (χ1) is 9.77. The standard InChI is InChI=1S/C12H16ClFN2O4S/c1-8(20-2)12(17)15-5-6-16-21(18,19)11-4-3-9(13)7-10(11)14/h3-4,7-8,16H,5-6H2,1-2H3,(H,15,17)/t8-/m0/s1. The van der Waals surface area contributed by atoms with Crippen LogP contribution in [0, 0.1) is 5.82 Å². The Hall–Kier alpha value is -1.22. The van der Waals surface area contributed by atoms with Crippen LogP contribution in [0.5, 0.6) is 0 Å². The zero-order valence-corrected chi connectivity index (χ0v) is 13.1. The third-order valence-electron chi connectivity index (χ3n) is 2.62. The van der Waals surface area contributed by atoms with Crippen LogP contribution in [0.3, 0.4) is 0 Å². The average Bonchev–Trinajstić information content (AvgIpc) is 2.41. The van der Waals surface area contributed by atoms with Crippen LogP contribution in [0.25, 0.3) is 0 Å². The van der Waals surface area contributed by atoms with Crippen molar-refractivity contribution in [2.45, 2.75) is 17.9 Å². The molecule has 1 rings (SSSR count). The Morgan fingerprint density at radius 2 is 2.10 bits per heavy atom. The van der Waals surface area contributed by atoms with E-state index in [1.54, 1.807) is 6.92 Å². The molecule has 0 aromatic heterocycles. The molecule has 0 saturated carbocycles. The third kappa shape index (κ3) is 5.24. The molecule has 6 nitrogen and oxygen atoms in total. The summed E-state index contributed by atoms with van der Waals surface area (Å²) in [5.41, 5.74) is 0. The summed E-state index contributed by atoms with van der Waals surface area (Å²) in [5.74, 6) is -1.30. The molecule has 0 unspecified atom stereocenters. The molecule has 0 aliphatic rings. The molecule has 1 atom stereocenters. The van der Waals surface area contributed by atoms with Crippen molar-refractivity contribution < 1.29 is 22.3 Å². The fraction of sp³-hybridized carbons (Fsp3) is 0.417. The molecule has 2 N–H and O–H groups in total. The van der Waals surface area contributed by atoms with Gasteiger partial charge in [-0.3, -0.25) is 4.79 Å². The highest BCUT2D eigenvalue weighted by Crippen LogP contribution is 2.18. The van der Waals surface area contributed by atoms with Crippen molar-refractivity contribution in [3.05, 3.63) is 29.0 Å². The summed E-state index contributed by atoms with van der Waals surface area (Å²) in [6.45, 7) is 1.54. The molecule has 0 aliphatic heterocycles. The van der Waals surface area contributed by atoms with Gasteiger partial charge in [0.1, 0.15) is 16.8 Å². The lowest BCUT2D eigenvalue weighted by Crippen LogP contribution is -2.39. The monoisotopic (exact) mass is 338 g/mol. The first-order valence-electron chi connectivity index (χ1n) is 6.03. The minimum atomic E-state index is -4.00. The second-order valence-electron chi connectivity index (χ2n) is 4.14. The van der Waals surface area contributed by atoms with Gasteiger partial charge in [0.25, 0.3) is 0 Å². The van der Waals surface area contributed by atoms with Gasteiger partial charge in [0.15, 0.2) is 0 Å². The first-order valence-corrected chi connectivity index (χ1v) is 7.89. The Morgan fingerprint density at radius 1 is 1.43 bits per heavy atom. The van der Waals surface area contributed by atoms with E-state index in [2.05, 4.69) is 10.0 Å². The molecular formula is C12H16ClFN2O4S. The average molecular weight is 339 g/mol. The predicted molar refractivity (Wildman–Crippen MR) is 76.1 cm³/mol. The summed E-state index contributed by atoms with van der Waals surface area (Å²) in [4.78, 5) is 10.9. The van der Waals surface area contributed by atoms with Crippen LogP contribution in [-0.4, -0.2) is 40.6 Å². The van der Waals surface area contributed by atoms with Gasteiger partial charge in [0.2, 0.25) is 15.9 Å². The van der Waals surface area contributed by atoms with E-state index in [0.29, 0.717) is 0 Å². The van der Waals surface area contributed by atoms with Crippen molar-refractivity contribution in [3.63, 3.8) is 0 Å². The highest BCUT2D eigenvalue weighted by Gasteiger charge is 2.19. The van der Waals surface area contributed by atoms with E-state index >= 15 is 0 Å². The summed E-state index contributed by atoms with van der Waals surface area (Å²) >= 11 is 5.56. The number of carbonyl (C=O) groups excluding carboxylic acids is 1. The molecule has 21 heavy (non-hydrogen) atoms. The molecule has 0 bridgehead atoms. The van der Waals surface area contributed by atoms with Gasteiger partial charge >= 0.3 is 0 Å². The fourth-order valence-corrected chi connectivity index (χ4v) is 2.64. The Bertz CT molecular complexity index is 609. The van der Waals surface area contributed by atoms with E-state index in [9.17, 15) is 17.6 Å². The van der Waals surface area contributed by atoms with E-state index in [1.165, 1.54) is 13.2 Å². The topological polar surface area (TPSA) is 84.5 Å². The maximum Gasteiger partial charge on any atom is 0.248 e. The highest BCUT2D eigenvalue weighted by atomic mass is 35.5. The fourth-order valence-electron chi connectivity index (χ4n) is 1.39. The molecular weight excluding hydrogens is 323 g/mol. The lowest BCUT2D eigenvalue weighted by molar-refractivity contribution is -0.129. The van der Waals surface area contributed by atoms with Gasteiger partial charge in [-0.25, -0.2) is 17.5 Å². The number of benzene rings is 1. The van der Waals surface area contributed by atoms with Crippen molar-refractivity contribution in [1.82, 2.24) is 10.0 Å². The van der Waals surface area contributed by atoms with Crippen LogP contribution < -0.4 is 10.0 Å². The number of ether oxygens (including phenoxy) is 1. The molecule has 1 aromatic carbocycles. The molecule has 0 radical (unpaired) electrons. The predicted octanol–water partition coefficient (Wildman–Crippen LogP) is 0.909. The van der Waals surface area contributed by atoms with Crippen molar-refractivity contribution in [3.8, 4) is 0 Å². The maximum absolute atomic E-state index is 13.5. The van der Waals surface area contributed by atoms with Gasteiger partial charge in [-0.2, -0.15) is 0 Å². The van der Waals surface area contributed by atoms with Gasteiger partial charge in [-0.15, -0.1) is 0 Å². The number of amides is 1. The normalized spacial score (nSPS) is 13.0. The molecule has 1 amide bonds. The minimum Gasteiger partial charge on any atom is -0.372 e.